The number of ether oxygens (including phenoxy) is 1. The predicted molar refractivity (Wildman–Crippen MR) is 87.1 cm³/mol. The van der Waals surface area contributed by atoms with Gasteiger partial charge in [-0.05, 0) is 29.9 Å². The number of methoxy groups -OCH3 is 1. The van der Waals surface area contributed by atoms with Crippen LogP contribution in [0, 0.1) is 3.95 Å². The summed E-state index contributed by atoms with van der Waals surface area (Å²) < 4.78 is 5.12. The summed E-state index contributed by atoms with van der Waals surface area (Å²) in [6.45, 7) is 0. The van der Waals surface area contributed by atoms with Crippen LogP contribution in [0.5, 0.6) is 5.75 Å². The van der Waals surface area contributed by atoms with Gasteiger partial charge in [0.05, 0.1) is 7.11 Å². The Hall–Kier alpha value is -2.46. The number of aromatic amines is 1. The third kappa shape index (κ3) is 5.04. The Bertz CT molecular complexity index is 741. The summed E-state index contributed by atoms with van der Waals surface area (Å²) in [7, 11) is 1.24. The number of hydrogen-bond donors (Lipinski definition) is 4. The number of hydrogen-bond acceptors (Lipinski definition) is 7. The molecule has 1 atom stereocenters. The van der Waals surface area contributed by atoms with Crippen LogP contribution < -0.4 is 10.6 Å². The van der Waals surface area contributed by atoms with Gasteiger partial charge in [0.2, 0.25) is 5.13 Å². The van der Waals surface area contributed by atoms with Crippen LogP contribution in [-0.2, 0) is 16.0 Å². The molecule has 23 heavy (non-hydrogen) atoms. The van der Waals surface area contributed by atoms with E-state index in [4.69, 9.17) is 17.0 Å². The summed E-state index contributed by atoms with van der Waals surface area (Å²) in [6.07, 6.45) is 0.219. The van der Waals surface area contributed by atoms with E-state index in [2.05, 4.69) is 20.8 Å². The van der Waals surface area contributed by atoms with Crippen LogP contribution in [-0.4, -0.2) is 40.5 Å². The van der Waals surface area contributed by atoms with Gasteiger partial charge in [-0.1, -0.05) is 23.5 Å². The molecular formula is C13H14N4O4S2. The second kappa shape index (κ2) is 7.70. The lowest BCUT2D eigenvalue weighted by Crippen LogP contribution is -2.45. The summed E-state index contributed by atoms with van der Waals surface area (Å²) in [5.74, 6) is -0.461. The average molecular weight is 354 g/mol. The van der Waals surface area contributed by atoms with E-state index in [9.17, 15) is 14.7 Å². The molecule has 0 fully saturated rings. The first-order valence-corrected chi connectivity index (χ1v) is 7.69. The summed E-state index contributed by atoms with van der Waals surface area (Å²) in [5.41, 5.74) is 0.758. The van der Waals surface area contributed by atoms with Crippen molar-refractivity contribution >= 4 is 40.7 Å². The fraction of sp³-hybridized carbons (Fsp3) is 0.231. The number of rotatable bonds is 5. The highest BCUT2D eigenvalue weighted by atomic mass is 32.1. The highest BCUT2D eigenvalue weighted by molar-refractivity contribution is 7.73. The Morgan fingerprint density at radius 2 is 2.13 bits per heavy atom. The third-order valence-corrected chi connectivity index (χ3v) is 3.83. The van der Waals surface area contributed by atoms with E-state index in [1.54, 1.807) is 12.1 Å². The topological polar surface area (TPSA) is 116 Å². The molecule has 0 saturated carbocycles. The molecule has 10 heteroatoms. The van der Waals surface area contributed by atoms with E-state index >= 15 is 0 Å². The molecule has 0 aliphatic rings. The highest BCUT2D eigenvalue weighted by Gasteiger charge is 2.22. The summed E-state index contributed by atoms with van der Waals surface area (Å²) >= 11 is 5.96. The number of urea groups is 1. The van der Waals surface area contributed by atoms with Crippen molar-refractivity contribution in [2.45, 2.75) is 12.5 Å². The molecule has 0 radical (unpaired) electrons. The summed E-state index contributed by atoms with van der Waals surface area (Å²) in [5, 5.41) is 20.9. The quantitative estimate of drug-likeness (QED) is 0.481. The number of phenols is 1. The Labute approximate surface area is 140 Å². The van der Waals surface area contributed by atoms with Gasteiger partial charge in [0.15, 0.2) is 3.95 Å². The van der Waals surface area contributed by atoms with E-state index in [1.165, 1.54) is 19.2 Å². The van der Waals surface area contributed by atoms with Crippen molar-refractivity contribution in [3.8, 4) is 5.75 Å². The van der Waals surface area contributed by atoms with Crippen LogP contribution in [0.2, 0.25) is 0 Å². The zero-order valence-corrected chi connectivity index (χ0v) is 13.7. The molecule has 2 aromatic rings. The molecule has 0 aliphatic carbocycles. The minimum absolute atomic E-state index is 0.119. The summed E-state index contributed by atoms with van der Waals surface area (Å²) in [6, 6.07) is 4.84. The van der Waals surface area contributed by atoms with E-state index in [-0.39, 0.29) is 12.2 Å². The standard InChI is InChI=1S/C13H14N4O4S2/c1-21-10(19)9(6-7-2-4-8(18)5-3-7)14-11(20)15-12-16-17-13(22)23-12/h2-5,9,18H,6H2,1H3,(H,17,22)(H2,14,15,16,20)/t9-/m0/s1. The van der Waals surface area contributed by atoms with Gasteiger partial charge >= 0.3 is 12.0 Å². The molecule has 2 amide bonds. The number of phenolic OH excluding ortho intramolecular Hbond substituents is 1. The summed E-state index contributed by atoms with van der Waals surface area (Å²) in [4.78, 5) is 23.8. The van der Waals surface area contributed by atoms with Gasteiger partial charge in [-0.2, -0.15) is 0 Å². The number of anilines is 1. The van der Waals surface area contributed by atoms with Gasteiger partial charge in [-0.3, -0.25) is 10.4 Å². The largest absolute Gasteiger partial charge is 0.508 e. The van der Waals surface area contributed by atoms with E-state index in [0.29, 0.717) is 9.09 Å². The van der Waals surface area contributed by atoms with E-state index in [0.717, 1.165) is 16.9 Å². The zero-order valence-electron chi connectivity index (χ0n) is 12.0. The average Bonchev–Trinajstić information content (AvgIpc) is 2.92. The van der Waals surface area contributed by atoms with E-state index < -0.39 is 18.0 Å². The predicted octanol–water partition coefficient (Wildman–Crippen LogP) is 1.81. The first-order chi connectivity index (χ1) is 11.0. The number of esters is 1. The van der Waals surface area contributed by atoms with Gasteiger partial charge < -0.3 is 15.2 Å². The fourth-order valence-electron chi connectivity index (χ4n) is 1.78. The first-order valence-electron chi connectivity index (χ1n) is 6.46. The molecule has 0 aliphatic heterocycles. The second-order valence-corrected chi connectivity index (χ2v) is 6.13. The number of aromatic hydroxyl groups is 1. The van der Waals surface area contributed by atoms with Crippen molar-refractivity contribution in [1.82, 2.24) is 15.5 Å². The minimum Gasteiger partial charge on any atom is -0.508 e. The van der Waals surface area contributed by atoms with E-state index in [1.807, 2.05) is 0 Å². The maximum Gasteiger partial charge on any atom is 0.328 e. The van der Waals surface area contributed by atoms with Gasteiger partial charge in [-0.25, -0.2) is 9.59 Å². The molecule has 1 aromatic carbocycles. The molecular weight excluding hydrogens is 340 g/mol. The maximum atomic E-state index is 11.9. The molecule has 0 saturated heterocycles. The van der Waals surface area contributed by atoms with Crippen molar-refractivity contribution in [1.29, 1.82) is 0 Å². The Balaban J connectivity index is 2.03. The molecule has 122 valence electrons. The number of benzene rings is 1. The second-order valence-electron chi connectivity index (χ2n) is 4.46. The Kier molecular flexibility index (Phi) is 5.66. The van der Waals surface area contributed by atoms with Crippen LogP contribution >= 0.6 is 23.6 Å². The number of aromatic nitrogens is 2. The van der Waals surface area contributed by atoms with Crippen molar-refractivity contribution < 1.29 is 19.4 Å². The van der Waals surface area contributed by atoms with Crippen LogP contribution in [0.3, 0.4) is 0 Å². The third-order valence-electron chi connectivity index (χ3n) is 2.83. The van der Waals surface area contributed by atoms with Gasteiger partial charge in [0.25, 0.3) is 0 Å². The first kappa shape index (κ1) is 16.9. The van der Waals surface area contributed by atoms with Crippen molar-refractivity contribution in [3.05, 3.63) is 33.8 Å². The Morgan fingerprint density at radius 3 is 2.70 bits per heavy atom. The van der Waals surface area contributed by atoms with Gasteiger partial charge in [-0.15, -0.1) is 5.10 Å². The van der Waals surface area contributed by atoms with Crippen molar-refractivity contribution in [2.75, 3.05) is 12.4 Å². The number of nitrogens with one attached hydrogen (secondary N) is 3. The number of H-pyrrole nitrogens is 1. The van der Waals surface area contributed by atoms with Crippen LogP contribution in [0.15, 0.2) is 24.3 Å². The maximum absolute atomic E-state index is 11.9. The normalized spacial score (nSPS) is 11.5. The monoisotopic (exact) mass is 354 g/mol. The molecule has 2 rings (SSSR count). The molecule has 1 heterocycles. The highest BCUT2D eigenvalue weighted by Crippen LogP contribution is 2.13. The molecule has 4 N–H and O–H groups in total. The molecule has 0 bridgehead atoms. The van der Waals surface area contributed by atoms with Gasteiger partial charge in [0, 0.05) is 6.42 Å². The lowest BCUT2D eigenvalue weighted by atomic mass is 10.1. The zero-order chi connectivity index (χ0) is 16.8. The number of carbonyl (C=O) groups is 2. The number of nitrogens with zero attached hydrogens (tertiary/aromatic N) is 1. The molecule has 8 nitrogen and oxygen atoms in total. The Morgan fingerprint density at radius 1 is 1.43 bits per heavy atom. The SMILES string of the molecule is COC(=O)[C@H](Cc1ccc(O)cc1)NC(=O)Nc1n[nH]c(=S)s1. The van der Waals surface area contributed by atoms with Crippen molar-refractivity contribution in [2.24, 2.45) is 0 Å². The lowest BCUT2D eigenvalue weighted by molar-refractivity contribution is -0.142. The fourth-order valence-corrected chi connectivity index (χ4v) is 2.56. The smallest absolute Gasteiger partial charge is 0.328 e. The molecule has 1 aromatic heterocycles. The number of amides is 2. The number of carbonyl (C=O) groups excluding carboxylic acids is 2. The van der Waals surface area contributed by atoms with Crippen LogP contribution in [0.25, 0.3) is 0 Å². The van der Waals surface area contributed by atoms with Gasteiger partial charge in [0.1, 0.15) is 11.8 Å². The minimum atomic E-state index is -0.878. The molecule has 0 unspecified atom stereocenters. The van der Waals surface area contributed by atoms with Crippen molar-refractivity contribution in [3.63, 3.8) is 0 Å². The molecule has 0 spiro atoms. The lowest BCUT2D eigenvalue weighted by Gasteiger charge is -2.16. The van der Waals surface area contributed by atoms with Crippen LogP contribution in [0.4, 0.5) is 9.93 Å². The van der Waals surface area contributed by atoms with Crippen LogP contribution in [0.1, 0.15) is 5.56 Å².